The predicted octanol–water partition coefficient (Wildman–Crippen LogP) is 8.41. The van der Waals surface area contributed by atoms with Crippen LogP contribution in [0.2, 0.25) is 0 Å². The van der Waals surface area contributed by atoms with Crippen LogP contribution in [-0.2, 0) is 42.4 Å². The molecule has 8 N–H and O–H groups in total. The van der Waals surface area contributed by atoms with E-state index >= 15 is 4.79 Å². The van der Waals surface area contributed by atoms with E-state index in [1.54, 1.807) is 59.9 Å². The fourth-order valence-corrected chi connectivity index (χ4v) is 13.0. The number of aromatic nitrogens is 1. The largest absolute Gasteiger partial charge is 0.508 e. The smallest absolute Gasteiger partial charge is 0.167 e. The number of hydrogen-bond acceptors (Lipinski definition) is 12. The number of aromatic amines is 1. The highest BCUT2D eigenvalue weighted by Gasteiger charge is 2.46. The zero-order valence-corrected chi connectivity index (χ0v) is 38.7. The zero-order chi connectivity index (χ0) is 45.7. The van der Waals surface area contributed by atoms with Gasteiger partial charge < -0.3 is 45.3 Å². The van der Waals surface area contributed by atoms with E-state index in [0.717, 1.165) is 49.7 Å². The highest BCUT2D eigenvalue weighted by molar-refractivity contribution is 8.76. The molecule has 13 heteroatoms. The lowest BCUT2D eigenvalue weighted by Crippen LogP contribution is -2.41. The lowest BCUT2D eigenvalue weighted by molar-refractivity contribution is -0.127. The molecule has 2 aliphatic rings. The molecule has 5 unspecified atom stereocenters. The molecule has 5 aromatic carbocycles. The van der Waals surface area contributed by atoms with Crippen molar-refractivity contribution in [3.63, 3.8) is 0 Å². The number of aliphatic hydroxyl groups excluding tert-OH is 1. The van der Waals surface area contributed by atoms with Gasteiger partial charge in [-0.2, -0.15) is 0 Å². The summed E-state index contributed by atoms with van der Waals surface area (Å²) in [6.07, 6.45) is 4.96. The van der Waals surface area contributed by atoms with E-state index in [9.17, 15) is 25.5 Å². The number of aromatic hydroxyl groups is 3. The van der Waals surface area contributed by atoms with Crippen molar-refractivity contribution >= 4 is 38.1 Å². The Morgan fingerprint density at radius 2 is 1.78 bits per heavy atom. The van der Waals surface area contributed by atoms with Crippen LogP contribution in [-0.4, -0.2) is 81.2 Å². The van der Waals surface area contributed by atoms with Crippen molar-refractivity contribution in [1.82, 2.24) is 15.6 Å². The van der Waals surface area contributed by atoms with Gasteiger partial charge in [0.2, 0.25) is 0 Å². The Hall–Kier alpha value is -5.15. The lowest BCUT2D eigenvalue weighted by atomic mass is 9.68. The van der Waals surface area contributed by atoms with E-state index in [-0.39, 0.29) is 47.9 Å². The summed E-state index contributed by atoms with van der Waals surface area (Å²) in [7, 11) is 6.53. The quantitative estimate of drug-likeness (QED) is 0.0491. The molecule has 0 saturated carbocycles. The molecule has 0 fully saturated rings. The Morgan fingerprint density at radius 1 is 0.969 bits per heavy atom. The van der Waals surface area contributed by atoms with Crippen molar-refractivity contribution < 1.29 is 39.8 Å². The maximum absolute atomic E-state index is 15.7. The predicted molar refractivity (Wildman–Crippen MR) is 259 cm³/mol. The molecule has 1 aromatic heterocycles. The van der Waals surface area contributed by atoms with Crippen LogP contribution in [0.25, 0.3) is 10.8 Å². The molecule has 0 saturated heterocycles. The van der Waals surface area contributed by atoms with Gasteiger partial charge >= 0.3 is 0 Å². The molecular formula is C52H59N3O8S2. The molecule has 0 radical (unpaired) electrons. The van der Waals surface area contributed by atoms with Gasteiger partial charge in [-0.05, 0) is 126 Å². The van der Waals surface area contributed by atoms with Crippen LogP contribution >= 0.6 is 21.6 Å². The number of Topliss-reactive ketones (excluding diaryl/α,β-unsaturated/α-hetero) is 1. The Labute approximate surface area is 388 Å². The molecule has 1 aliphatic carbocycles. The Morgan fingerprint density at radius 3 is 2.58 bits per heavy atom. The minimum Gasteiger partial charge on any atom is -0.508 e. The number of phenols is 3. The highest BCUT2D eigenvalue weighted by Crippen LogP contribution is 2.55. The van der Waals surface area contributed by atoms with Gasteiger partial charge in [-0.15, -0.1) is 0 Å². The van der Waals surface area contributed by atoms with E-state index in [0.29, 0.717) is 68.0 Å². The number of nitrogens with one attached hydrogen (secondary N) is 3. The maximum Gasteiger partial charge on any atom is 0.167 e. The monoisotopic (exact) mass is 917 g/mol. The van der Waals surface area contributed by atoms with Crippen molar-refractivity contribution in [2.24, 2.45) is 5.92 Å². The molecule has 8 rings (SSSR count). The number of carbonyl (C=O) groups is 1. The number of aliphatic hydroxyl groups is 2. The molecule has 0 spiro atoms. The number of rotatable bonds is 14. The van der Waals surface area contributed by atoms with Crippen LogP contribution in [0, 0.1) is 5.92 Å². The van der Waals surface area contributed by atoms with E-state index < -0.39 is 23.0 Å². The van der Waals surface area contributed by atoms with Gasteiger partial charge in [-0.25, -0.2) is 0 Å². The summed E-state index contributed by atoms with van der Waals surface area (Å²) >= 11 is 0. The Balaban J connectivity index is 1.19. The average molecular weight is 918 g/mol. The van der Waals surface area contributed by atoms with Gasteiger partial charge in [0, 0.05) is 60.5 Å². The first-order chi connectivity index (χ1) is 31.4. The number of fused-ring (bicyclic) bond motifs is 1. The first-order valence-electron chi connectivity index (χ1n) is 22.2. The molecule has 1 aliphatic heterocycles. The van der Waals surface area contributed by atoms with E-state index in [2.05, 4.69) is 39.9 Å². The normalized spacial score (nSPS) is 21.0. The van der Waals surface area contributed by atoms with Crippen LogP contribution in [0.4, 0.5) is 0 Å². The number of ketones is 1. The third-order valence-corrected chi connectivity index (χ3v) is 16.1. The first-order valence-corrected chi connectivity index (χ1v) is 24.6. The third kappa shape index (κ3) is 10.3. The van der Waals surface area contributed by atoms with Crippen molar-refractivity contribution in [2.45, 2.75) is 80.8 Å². The van der Waals surface area contributed by atoms with Crippen molar-refractivity contribution in [1.29, 1.82) is 0 Å². The minimum atomic E-state index is -1.19. The maximum atomic E-state index is 15.7. The molecule has 65 heavy (non-hydrogen) atoms. The van der Waals surface area contributed by atoms with Crippen LogP contribution in [0.15, 0.2) is 103 Å². The van der Waals surface area contributed by atoms with Gasteiger partial charge in [-0.1, -0.05) is 82.3 Å². The summed E-state index contributed by atoms with van der Waals surface area (Å²) in [4.78, 5) is 18.8. The molecule has 6 aromatic rings. The molecule has 0 bridgehead atoms. The summed E-state index contributed by atoms with van der Waals surface area (Å²) in [5.74, 6) is 0.644. The second kappa shape index (κ2) is 20.2. The number of methoxy groups -OCH3 is 1. The highest BCUT2D eigenvalue weighted by atomic mass is 33.1. The Bertz CT molecular complexity index is 2610. The third-order valence-electron chi connectivity index (χ3n) is 13.1. The topological polar surface area (TPSA) is 177 Å². The summed E-state index contributed by atoms with van der Waals surface area (Å²) < 4.78 is 12.1. The zero-order valence-electron chi connectivity index (χ0n) is 37.1. The summed E-state index contributed by atoms with van der Waals surface area (Å²) in [5, 5.41) is 65.7. The summed E-state index contributed by atoms with van der Waals surface area (Å²) in [6, 6.07) is 28.7. The molecule has 2 heterocycles. The van der Waals surface area contributed by atoms with Gasteiger partial charge in [-0.3, -0.25) is 10.1 Å². The molecule has 5 atom stereocenters. The SMILES string of the molecule is CNCc1cc(O)cc(C2(C(=O)CC(O)C(Cc3cc[nH]c3)Cc3ccc(O)c(OC)c3Cc3cccc4ccccc34)CCC3SSCC(C)(O)CNCOc4c(O)ccc(c43)C2)c1. The lowest BCUT2D eigenvalue weighted by Gasteiger charge is -2.35. The van der Waals surface area contributed by atoms with Crippen LogP contribution in [0.1, 0.15) is 75.9 Å². The van der Waals surface area contributed by atoms with Crippen molar-refractivity contribution in [2.75, 3.05) is 33.2 Å². The second-order valence-corrected chi connectivity index (χ2v) is 20.5. The minimum absolute atomic E-state index is 0.00616. The number of ether oxygens (including phenoxy) is 2. The fraction of sp³-hybridized carbons (Fsp3) is 0.365. The van der Waals surface area contributed by atoms with Crippen LogP contribution in [0.5, 0.6) is 28.7 Å². The number of phenolic OH excluding ortho intramolecular Hbond substituents is 3. The Kier molecular flexibility index (Phi) is 14.4. The van der Waals surface area contributed by atoms with Crippen LogP contribution < -0.4 is 20.1 Å². The first kappa shape index (κ1) is 46.4. The average Bonchev–Trinajstić information content (AvgIpc) is 3.73. The van der Waals surface area contributed by atoms with E-state index in [4.69, 9.17) is 9.47 Å². The standard InChI is InChI=1S/C52H59N3O8S2/c1-51(61)29-55-31-63-50-44(58)14-12-37-26-52(17-15-46(48(37)50)65-64-30-51,39-20-33(27-53-2)21-40(56)24-39)47(60)25-45(59)38(19-32-16-18-54-28-32)22-36-11-13-43(57)49(62-3)42(36)23-35-9-6-8-34-7-4-5-10-41(34)35/h4-14,16,18,20-21,24,28,38,45-46,53-59,61H,15,17,19,22-23,25-27,29-31H2,1-3H3. The van der Waals surface area contributed by atoms with Gasteiger partial charge in [0.1, 0.15) is 18.3 Å². The second-order valence-electron chi connectivity index (χ2n) is 17.9. The number of hydrogen-bond donors (Lipinski definition) is 8. The molecular weight excluding hydrogens is 859 g/mol. The van der Waals surface area contributed by atoms with E-state index in [1.165, 1.54) is 0 Å². The number of H-pyrrole nitrogens is 1. The fourth-order valence-electron chi connectivity index (χ4n) is 9.83. The van der Waals surface area contributed by atoms with Gasteiger partial charge in [0.15, 0.2) is 23.0 Å². The van der Waals surface area contributed by atoms with Crippen molar-refractivity contribution in [3.05, 3.63) is 148 Å². The van der Waals surface area contributed by atoms with Crippen molar-refractivity contribution in [3.8, 4) is 28.7 Å². The van der Waals surface area contributed by atoms with Gasteiger partial charge in [0.05, 0.1) is 24.2 Å². The summed E-state index contributed by atoms with van der Waals surface area (Å²) in [5.41, 5.74) is 4.69. The number of β-amino-alcohol motifs (C(OH)–C–C–N with tert-alkyl or cyclic N) is 1. The van der Waals surface area contributed by atoms with Gasteiger partial charge in [0.25, 0.3) is 0 Å². The number of benzene rings is 5. The van der Waals surface area contributed by atoms with E-state index in [1.807, 2.05) is 61.9 Å². The molecule has 342 valence electrons. The molecule has 0 amide bonds. The molecule has 11 nitrogen and oxygen atoms in total. The summed E-state index contributed by atoms with van der Waals surface area (Å²) in [6.45, 7) is 2.62. The number of carbonyl (C=O) groups excluding carboxylic acids is 1. The van der Waals surface area contributed by atoms with Crippen LogP contribution in [0.3, 0.4) is 0 Å².